The Morgan fingerprint density at radius 1 is 1.27 bits per heavy atom. The lowest BCUT2D eigenvalue weighted by atomic mass is 10.0. The van der Waals surface area contributed by atoms with Crippen LogP contribution in [0.1, 0.15) is 26.3 Å². The summed E-state index contributed by atoms with van der Waals surface area (Å²) in [5.74, 6) is -0.184. The third-order valence-electron chi connectivity index (χ3n) is 1.89. The zero-order valence-electron chi connectivity index (χ0n) is 9.23. The van der Waals surface area contributed by atoms with Gasteiger partial charge in [-0.15, -0.1) is 0 Å². The highest BCUT2D eigenvalue weighted by Crippen LogP contribution is 2.09. The van der Waals surface area contributed by atoms with E-state index in [0.29, 0.717) is 0 Å². The van der Waals surface area contributed by atoms with Gasteiger partial charge in [-0.3, -0.25) is 0 Å². The first kappa shape index (κ1) is 11.4. The molecular formula is C12H15NO2. The third-order valence-corrected chi connectivity index (χ3v) is 1.89. The maximum atomic E-state index is 10.7. The molecule has 0 aromatic heterocycles. The molecule has 1 rings (SSSR count). The maximum absolute atomic E-state index is 10.7. The van der Waals surface area contributed by atoms with E-state index in [1.165, 1.54) is 6.92 Å². The van der Waals surface area contributed by atoms with Gasteiger partial charge in [-0.05, 0) is 11.5 Å². The molecule has 0 amide bonds. The number of oxime groups is 1. The molecule has 3 nitrogen and oxygen atoms in total. The van der Waals surface area contributed by atoms with Gasteiger partial charge >= 0.3 is 5.97 Å². The van der Waals surface area contributed by atoms with Gasteiger partial charge in [0.25, 0.3) is 0 Å². The van der Waals surface area contributed by atoms with E-state index < -0.39 is 5.97 Å². The number of carbonyl (C=O) groups is 1. The van der Waals surface area contributed by atoms with E-state index in [1.54, 1.807) is 0 Å². The highest BCUT2D eigenvalue weighted by atomic mass is 16.7. The average Bonchev–Trinajstić information content (AvgIpc) is 2.18. The molecule has 0 saturated carbocycles. The highest BCUT2D eigenvalue weighted by molar-refractivity contribution is 6.01. The first-order valence-electron chi connectivity index (χ1n) is 4.92. The maximum Gasteiger partial charge on any atom is 0.331 e. The van der Waals surface area contributed by atoms with Crippen LogP contribution in [0.4, 0.5) is 0 Å². The van der Waals surface area contributed by atoms with Crippen LogP contribution in [0.5, 0.6) is 0 Å². The third kappa shape index (κ3) is 3.54. The van der Waals surface area contributed by atoms with Gasteiger partial charge in [0.1, 0.15) is 0 Å². The van der Waals surface area contributed by atoms with Crippen molar-refractivity contribution in [3.05, 3.63) is 35.9 Å². The Hall–Kier alpha value is -1.64. The Balaban J connectivity index is 2.93. The first-order valence-corrected chi connectivity index (χ1v) is 4.92. The van der Waals surface area contributed by atoms with Gasteiger partial charge in [0.15, 0.2) is 0 Å². The molecule has 0 aliphatic rings. The first-order chi connectivity index (χ1) is 7.11. The summed E-state index contributed by atoms with van der Waals surface area (Å²) >= 11 is 0. The second-order valence-electron chi connectivity index (χ2n) is 3.58. The molecule has 0 aliphatic carbocycles. The van der Waals surface area contributed by atoms with Crippen molar-refractivity contribution in [1.82, 2.24) is 0 Å². The summed E-state index contributed by atoms with van der Waals surface area (Å²) in [4.78, 5) is 15.3. The van der Waals surface area contributed by atoms with Crippen molar-refractivity contribution in [2.75, 3.05) is 0 Å². The van der Waals surface area contributed by atoms with E-state index in [4.69, 9.17) is 0 Å². The van der Waals surface area contributed by atoms with Crippen LogP contribution in [-0.2, 0) is 9.63 Å². The Kier molecular flexibility index (Phi) is 4.03. The molecule has 0 bridgehead atoms. The average molecular weight is 205 g/mol. The summed E-state index contributed by atoms with van der Waals surface area (Å²) in [7, 11) is 0. The number of carbonyl (C=O) groups excluding carboxylic acids is 1. The summed E-state index contributed by atoms with van der Waals surface area (Å²) < 4.78 is 0. The Bertz CT molecular complexity index is 355. The predicted octanol–water partition coefficient (Wildman–Crippen LogP) is 2.61. The minimum Gasteiger partial charge on any atom is -0.318 e. The largest absolute Gasteiger partial charge is 0.331 e. The number of benzene rings is 1. The topological polar surface area (TPSA) is 38.7 Å². The van der Waals surface area contributed by atoms with Gasteiger partial charge < -0.3 is 4.84 Å². The molecule has 0 saturated heterocycles. The summed E-state index contributed by atoms with van der Waals surface area (Å²) in [5, 5.41) is 3.86. The van der Waals surface area contributed by atoms with Gasteiger partial charge in [0.05, 0.1) is 5.71 Å². The smallest absolute Gasteiger partial charge is 0.318 e. The summed E-state index contributed by atoms with van der Waals surface area (Å²) in [6.07, 6.45) is 0. The molecule has 0 fully saturated rings. The van der Waals surface area contributed by atoms with Crippen molar-refractivity contribution in [1.29, 1.82) is 0 Å². The van der Waals surface area contributed by atoms with E-state index in [9.17, 15) is 4.79 Å². The molecule has 0 heterocycles. The van der Waals surface area contributed by atoms with E-state index >= 15 is 0 Å². The molecule has 0 N–H and O–H groups in total. The minimum atomic E-state index is -0.399. The van der Waals surface area contributed by atoms with E-state index in [-0.39, 0.29) is 5.92 Å². The lowest BCUT2D eigenvalue weighted by Crippen LogP contribution is -2.10. The van der Waals surface area contributed by atoms with Crippen LogP contribution in [0.2, 0.25) is 0 Å². The van der Waals surface area contributed by atoms with Crippen LogP contribution in [-0.4, -0.2) is 11.7 Å². The molecule has 3 heteroatoms. The number of nitrogens with zero attached hydrogens (tertiary/aromatic N) is 1. The van der Waals surface area contributed by atoms with Crippen LogP contribution in [0.3, 0.4) is 0 Å². The molecule has 80 valence electrons. The highest BCUT2D eigenvalue weighted by Gasteiger charge is 2.09. The molecule has 0 atom stereocenters. The lowest BCUT2D eigenvalue weighted by Gasteiger charge is -2.08. The fourth-order valence-corrected chi connectivity index (χ4v) is 1.21. The predicted molar refractivity (Wildman–Crippen MR) is 59.6 cm³/mol. The lowest BCUT2D eigenvalue weighted by molar-refractivity contribution is -0.140. The Morgan fingerprint density at radius 2 is 1.87 bits per heavy atom. The van der Waals surface area contributed by atoms with Crippen molar-refractivity contribution in [2.45, 2.75) is 20.8 Å². The van der Waals surface area contributed by atoms with E-state index in [2.05, 4.69) is 9.99 Å². The minimum absolute atomic E-state index is 0.215. The van der Waals surface area contributed by atoms with Gasteiger partial charge in [-0.1, -0.05) is 49.3 Å². The van der Waals surface area contributed by atoms with Gasteiger partial charge in [0, 0.05) is 6.92 Å². The summed E-state index contributed by atoms with van der Waals surface area (Å²) in [6.45, 7) is 5.36. The fraction of sp³-hybridized carbons (Fsp3) is 0.333. The zero-order valence-corrected chi connectivity index (χ0v) is 9.23. The fourth-order valence-electron chi connectivity index (χ4n) is 1.21. The van der Waals surface area contributed by atoms with Gasteiger partial charge in [-0.25, -0.2) is 4.79 Å². The summed E-state index contributed by atoms with van der Waals surface area (Å²) in [6, 6.07) is 9.69. The number of hydrogen-bond acceptors (Lipinski definition) is 3. The molecular weight excluding hydrogens is 190 g/mol. The molecule has 15 heavy (non-hydrogen) atoms. The molecule has 1 aromatic rings. The normalized spacial score (nSPS) is 11.6. The molecule has 1 aromatic carbocycles. The second-order valence-corrected chi connectivity index (χ2v) is 3.58. The Labute approximate surface area is 89.7 Å². The van der Waals surface area contributed by atoms with Crippen LogP contribution >= 0.6 is 0 Å². The SMILES string of the molecule is CC(=O)O/N=C(/c1ccccc1)C(C)C. The number of hydrogen-bond donors (Lipinski definition) is 0. The van der Waals surface area contributed by atoms with Crippen molar-refractivity contribution in [3.8, 4) is 0 Å². The number of rotatable bonds is 3. The quantitative estimate of drug-likeness (QED) is 0.432. The zero-order chi connectivity index (χ0) is 11.3. The van der Waals surface area contributed by atoms with Crippen LogP contribution in [0, 0.1) is 5.92 Å². The van der Waals surface area contributed by atoms with Crippen molar-refractivity contribution in [2.24, 2.45) is 11.1 Å². The van der Waals surface area contributed by atoms with E-state index in [0.717, 1.165) is 11.3 Å². The van der Waals surface area contributed by atoms with Crippen molar-refractivity contribution < 1.29 is 9.63 Å². The van der Waals surface area contributed by atoms with E-state index in [1.807, 2.05) is 44.2 Å². The monoisotopic (exact) mass is 205 g/mol. The molecule has 0 aliphatic heterocycles. The standard InChI is InChI=1S/C12H15NO2/c1-9(2)12(13-15-10(3)14)11-7-5-4-6-8-11/h4-9H,1-3H3/b13-12+. The molecule has 0 spiro atoms. The van der Waals surface area contributed by atoms with Gasteiger partial charge in [-0.2, -0.15) is 0 Å². The van der Waals surface area contributed by atoms with Gasteiger partial charge in [0.2, 0.25) is 0 Å². The Morgan fingerprint density at radius 3 is 2.33 bits per heavy atom. The van der Waals surface area contributed by atoms with Crippen LogP contribution in [0.15, 0.2) is 35.5 Å². The molecule has 0 radical (unpaired) electrons. The van der Waals surface area contributed by atoms with Crippen molar-refractivity contribution >= 4 is 11.7 Å². The van der Waals surface area contributed by atoms with Crippen LogP contribution in [0.25, 0.3) is 0 Å². The molecule has 0 unspecified atom stereocenters. The van der Waals surface area contributed by atoms with Crippen LogP contribution < -0.4 is 0 Å². The van der Waals surface area contributed by atoms with Crippen molar-refractivity contribution in [3.63, 3.8) is 0 Å². The summed E-state index contributed by atoms with van der Waals surface area (Å²) in [5.41, 5.74) is 1.76. The second kappa shape index (κ2) is 5.29.